The van der Waals surface area contributed by atoms with Gasteiger partial charge < -0.3 is 28.5 Å². The van der Waals surface area contributed by atoms with Gasteiger partial charge in [-0.05, 0) is 76.7 Å². The van der Waals surface area contributed by atoms with Crippen LogP contribution in [0, 0.1) is 0 Å². The molecule has 0 saturated carbocycles. The van der Waals surface area contributed by atoms with Crippen molar-refractivity contribution in [3.8, 4) is 0 Å². The van der Waals surface area contributed by atoms with Gasteiger partial charge in [-0.15, -0.1) is 0 Å². The lowest BCUT2D eigenvalue weighted by atomic mass is 10.0. The molecule has 1 amide bonds. The normalized spacial score (nSPS) is 14.3. The van der Waals surface area contributed by atoms with Gasteiger partial charge in [-0.25, -0.2) is 0 Å². The number of nitrogens with zero attached hydrogens (tertiary/aromatic N) is 1. The average molecular weight is 1120 g/mol. The molecule has 456 valence electrons. The quantitative estimate of drug-likeness (QED) is 0.0161. The van der Waals surface area contributed by atoms with Crippen LogP contribution < -0.4 is 10.2 Å². The van der Waals surface area contributed by atoms with E-state index in [4.69, 9.17) is 13.8 Å². The Morgan fingerprint density at radius 2 is 0.823 bits per heavy atom. The molecule has 0 aliphatic heterocycles. The number of unbranched alkanes of at least 4 members (excludes halogenated alkanes) is 33. The second-order valence-corrected chi connectivity index (χ2v) is 24.4. The fourth-order valence-electron chi connectivity index (χ4n) is 9.14. The summed E-state index contributed by atoms with van der Waals surface area (Å²) in [6, 6.07) is -0.912. The lowest BCUT2D eigenvalue weighted by Gasteiger charge is -2.30. The fraction of sp³-hybridized carbons (Fsp3) is 0.739. The summed E-state index contributed by atoms with van der Waals surface area (Å²) in [6.45, 7) is 6.68. The smallest absolute Gasteiger partial charge is 0.306 e. The van der Waals surface area contributed by atoms with Crippen LogP contribution in [-0.4, -0.2) is 69.4 Å². The number of ether oxygens (including phenoxy) is 1. The predicted octanol–water partition coefficient (Wildman–Crippen LogP) is 19.7. The zero-order valence-corrected chi connectivity index (χ0v) is 52.9. The van der Waals surface area contributed by atoms with Crippen LogP contribution in [0.3, 0.4) is 0 Å². The van der Waals surface area contributed by atoms with E-state index in [-0.39, 0.29) is 24.9 Å². The van der Waals surface area contributed by atoms with Crippen LogP contribution in [0.5, 0.6) is 0 Å². The number of phosphoric ester groups is 1. The monoisotopic (exact) mass is 1120 g/mol. The maximum atomic E-state index is 13.6. The van der Waals surface area contributed by atoms with Crippen LogP contribution in [0.1, 0.15) is 278 Å². The highest BCUT2D eigenvalue weighted by Crippen LogP contribution is 2.38. The number of quaternary nitrogens is 1. The molecule has 79 heavy (non-hydrogen) atoms. The zero-order chi connectivity index (χ0) is 57.9. The van der Waals surface area contributed by atoms with Gasteiger partial charge in [0.15, 0.2) is 0 Å². The maximum absolute atomic E-state index is 13.6. The molecule has 10 heteroatoms. The van der Waals surface area contributed by atoms with Crippen LogP contribution in [0.4, 0.5) is 0 Å². The first-order chi connectivity index (χ1) is 38.4. The Morgan fingerprint density at radius 3 is 1.27 bits per heavy atom. The standard InChI is InChI=1S/C69H123N2O7P/c1-7-10-13-16-19-22-25-28-30-32-33-34-35-36-37-39-40-43-46-49-52-55-58-61-68(72)70-66(65-77-79(74,75)76-64-63-71(4,5)6)67(60-57-54-51-48-45-42-27-24-21-18-15-12-9-3)78-69(73)62-59-56-53-50-47-44-41-38-31-29-26-23-20-17-14-11-8-2/h11,14,17,20,23,26,28-31,38,41,44,47,57,60,66-67H,7-10,12-13,15-16,18-19,21-22,24-25,27,32-37,39-40,42-43,45-46,48-56,58-59,61-65H2,1-6H3,(H-,70,72,74,75)/b14-11-,20-17+,26-23+,30-28+,31-29-,41-38+,47-44+,60-57-. The molecule has 0 radical (unpaired) electrons. The molecule has 0 saturated heterocycles. The minimum Gasteiger partial charge on any atom is -0.756 e. The zero-order valence-electron chi connectivity index (χ0n) is 52.1. The van der Waals surface area contributed by atoms with Crippen molar-refractivity contribution in [1.29, 1.82) is 0 Å². The van der Waals surface area contributed by atoms with Crippen LogP contribution in [0.15, 0.2) is 97.2 Å². The topological polar surface area (TPSA) is 114 Å². The highest BCUT2D eigenvalue weighted by Gasteiger charge is 2.27. The first kappa shape index (κ1) is 75.9. The Morgan fingerprint density at radius 1 is 0.456 bits per heavy atom. The summed E-state index contributed by atoms with van der Waals surface area (Å²) in [7, 11) is 1.15. The van der Waals surface area contributed by atoms with Gasteiger partial charge in [-0.2, -0.15) is 0 Å². The summed E-state index contributed by atoms with van der Waals surface area (Å²) in [5.41, 5.74) is 0. The Kier molecular flexibility index (Phi) is 55.9. The van der Waals surface area contributed by atoms with Gasteiger partial charge in [0.05, 0.1) is 33.8 Å². The molecule has 0 fully saturated rings. The molecule has 0 bridgehead atoms. The van der Waals surface area contributed by atoms with E-state index in [0.717, 1.165) is 64.2 Å². The second-order valence-electron chi connectivity index (χ2n) is 23.0. The van der Waals surface area contributed by atoms with Gasteiger partial charge in [-0.1, -0.05) is 285 Å². The van der Waals surface area contributed by atoms with Crippen molar-refractivity contribution in [2.24, 2.45) is 0 Å². The summed E-state index contributed by atoms with van der Waals surface area (Å²) in [5, 5.41) is 3.02. The Balaban J connectivity index is 5.25. The summed E-state index contributed by atoms with van der Waals surface area (Å²) in [5.74, 6) is -0.590. The van der Waals surface area contributed by atoms with Gasteiger partial charge in [0.1, 0.15) is 19.3 Å². The number of hydrogen-bond acceptors (Lipinski definition) is 7. The third-order valence-corrected chi connectivity index (χ3v) is 15.1. The van der Waals surface area contributed by atoms with E-state index in [1.165, 1.54) is 173 Å². The lowest BCUT2D eigenvalue weighted by molar-refractivity contribution is -0.870. The number of phosphoric acid groups is 1. The molecule has 9 nitrogen and oxygen atoms in total. The highest BCUT2D eigenvalue weighted by atomic mass is 31.2. The Labute approximate surface area is 488 Å². The lowest BCUT2D eigenvalue weighted by Crippen LogP contribution is -2.47. The van der Waals surface area contributed by atoms with Crippen molar-refractivity contribution in [3.05, 3.63) is 97.2 Å². The molecular formula is C69H123N2O7P. The van der Waals surface area contributed by atoms with Gasteiger partial charge in [0.25, 0.3) is 7.82 Å². The number of rotatable bonds is 58. The number of allylic oxidation sites excluding steroid dienone is 15. The molecule has 3 unspecified atom stereocenters. The predicted molar refractivity (Wildman–Crippen MR) is 339 cm³/mol. The molecule has 0 heterocycles. The van der Waals surface area contributed by atoms with Gasteiger partial charge in [0.2, 0.25) is 5.91 Å². The van der Waals surface area contributed by atoms with Gasteiger partial charge >= 0.3 is 5.97 Å². The number of amides is 1. The summed E-state index contributed by atoms with van der Waals surface area (Å²) >= 11 is 0. The summed E-state index contributed by atoms with van der Waals surface area (Å²) < 4.78 is 30.3. The maximum Gasteiger partial charge on any atom is 0.306 e. The first-order valence-electron chi connectivity index (χ1n) is 32.6. The van der Waals surface area contributed by atoms with Gasteiger partial charge in [-0.3, -0.25) is 14.2 Å². The molecular weight excluding hydrogens is 1000 g/mol. The minimum atomic E-state index is -4.72. The molecule has 0 aliphatic rings. The van der Waals surface area contributed by atoms with Crippen LogP contribution in [0.25, 0.3) is 0 Å². The largest absolute Gasteiger partial charge is 0.756 e. The number of carbonyl (C=O) groups is 2. The van der Waals surface area contributed by atoms with Crippen molar-refractivity contribution in [1.82, 2.24) is 5.32 Å². The fourth-order valence-corrected chi connectivity index (χ4v) is 9.86. The molecule has 0 spiro atoms. The van der Waals surface area contributed by atoms with Crippen molar-refractivity contribution < 1.29 is 37.3 Å². The average Bonchev–Trinajstić information content (AvgIpc) is 3.41. The Bertz CT molecular complexity index is 1670. The molecule has 0 aromatic rings. The first-order valence-corrected chi connectivity index (χ1v) is 34.1. The van der Waals surface area contributed by atoms with Crippen molar-refractivity contribution in [2.45, 2.75) is 290 Å². The second kappa shape index (κ2) is 58.1. The number of nitrogens with one attached hydrogen (secondary N) is 1. The van der Waals surface area contributed by atoms with E-state index < -0.39 is 26.6 Å². The van der Waals surface area contributed by atoms with Crippen molar-refractivity contribution >= 4 is 19.7 Å². The van der Waals surface area contributed by atoms with Crippen LogP contribution >= 0.6 is 7.82 Å². The van der Waals surface area contributed by atoms with Crippen LogP contribution in [-0.2, 0) is 27.9 Å². The molecule has 3 atom stereocenters. The van der Waals surface area contributed by atoms with Gasteiger partial charge in [0, 0.05) is 12.8 Å². The van der Waals surface area contributed by atoms with E-state index in [1.54, 1.807) is 0 Å². The molecule has 0 aliphatic carbocycles. The van der Waals surface area contributed by atoms with E-state index in [9.17, 15) is 19.0 Å². The van der Waals surface area contributed by atoms with E-state index in [2.05, 4.69) is 50.4 Å². The van der Waals surface area contributed by atoms with E-state index in [0.29, 0.717) is 23.9 Å². The van der Waals surface area contributed by atoms with Crippen molar-refractivity contribution in [2.75, 3.05) is 40.9 Å². The molecule has 0 rings (SSSR count). The van der Waals surface area contributed by atoms with Crippen LogP contribution in [0.2, 0.25) is 0 Å². The minimum absolute atomic E-state index is 0.0337. The number of esters is 1. The number of hydrogen-bond donors (Lipinski definition) is 1. The highest BCUT2D eigenvalue weighted by molar-refractivity contribution is 7.45. The SMILES string of the molecule is CC\C=C/C=C/C=C/C=C\C=C\C=C\CCCCCC(=O)OC(/C=C\CCCCCCCCCCCCC)C(COP(=O)([O-])OCC[N+](C)(C)C)NC(=O)CCCCCCCCCCCCCCC/C=C/CCCCCCCC. The number of likely N-dealkylation sites (N-methyl/N-ethyl adjacent to an activating group) is 1. The molecule has 0 aromatic heterocycles. The third kappa shape index (κ3) is 59.4. The molecule has 1 N–H and O–H groups in total. The molecule has 0 aromatic carbocycles. The summed E-state index contributed by atoms with van der Waals surface area (Å²) in [6.07, 6.45) is 78.1. The van der Waals surface area contributed by atoms with Crippen molar-refractivity contribution in [3.63, 3.8) is 0 Å². The Hall–Kier alpha value is -3.07. The number of carbonyl (C=O) groups excluding carboxylic acids is 2. The third-order valence-electron chi connectivity index (χ3n) is 14.2. The van der Waals surface area contributed by atoms with E-state index in [1.807, 2.05) is 94.1 Å². The summed E-state index contributed by atoms with van der Waals surface area (Å²) in [4.78, 5) is 40.1. The van der Waals surface area contributed by atoms with E-state index >= 15 is 0 Å².